The molecule has 0 bridgehead atoms. The molecular formula is C59H43N3. The normalized spacial score (nSPS) is 16.5. The Morgan fingerprint density at radius 3 is 1.87 bits per heavy atom. The molecule has 62 heavy (non-hydrogen) atoms. The van der Waals surface area contributed by atoms with E-state index in [0.717, 1.165) is 39.3 Å². The summed E-state index contributed by atoms with van der Waals surface area (Å²) in [5.74, 6) is 1.06. The quantitative estimate of drug-likeness (QED) is 0.168. The third-order valence-corrected chi connectivity index (χ3v) is 13.5. The van der Waals surface area contributed by atoms with Crippen molar-refractivity contribution in [3.63, 3.8) is 0 Å². The summed E-state index contributed by atoms with van der Waals surface area (Å²) in [5.41, 5.74) is 18.9. The number of aromatic nitrogens is 2. The van der Waals surface area contributed by atoms with Gasteiger partial charge < -0.3 is 4.90 Å². The van der Waals surface area contributed by atoms with Crippen LogP contribution in [-0.2, 0) is 5.41 Å². The Morgan fingerprint density at radius 1 is 0.435 bits per heavy atom. The van der Waals surface area contributed by atoms with Crippen molar-refractivity contribution in [1.29, 1.82) is 0 Å². The molecule has 0 radical (unpaired) electrons. The highest BCUT2D eigenvalue weighted by molar-refractivity contribution is 6.05. The maximum absolute atomic E-state index is 5.28. The standard InChI is InChI=1S/C59H43N3/c1-59(2)52-23-13-11-21-47(52)48-31-30-42(35-53(48)59)54-37-55(61-58(60-54)40-15-5-3-6-16-40)49-34-33-44(45-19-9-10-20-46(45)49)39-27-25-38(26-28-39)41-29-32-51-50-22-12-14-24-56(50)62(57(51)36-41)43-17-7-4-8-18-43/h3-37,50,56H,1-2H3. The van der Waals surface area contributed by atoms with Crippen LogP contribution in [0.25, 0.3) is 78.1 Å². The maximum atomic E-state index is 5.28. The molecule has 0 saturated carbocycles. The molecule has 3 heteroatoms. The van der Waals surface area contributed by atoms with Crippen LogP contribution in [0.5, 0.6) is 0 Å². The van der Waals surface area contributed by atoms with E-state index in [0.29, 0.717) is 5.92 Å². The molecule has 1 aliphatic heterocycles. The van der Waals surface area contributed by atoms with Crippen LogP contribution in [0, 0.1) is 0 Å². The zero-order valence-electron chi connectivity index (χ0n) is 34.7. The number of anilines is 2. The summed E-state index contributed by atoms with van der Waals surface area (Å²) in [5, 5.41) is 2.35. The summed E-state index contributed by atoms with van der Waals surface area (Å²) >= 11 is 0. The van der Waals surface area contributed by atoms with Crippen LogP contribution in [0.15, 0.2) is 212 Å². The van der Waals surface area contributed by atoms with Gasteiger partial charge in [-0.15, -0.1) is 0 Å². The molecule has 1 aromatic heterocycles. The van der Waals surface area contributed by atoms with Crippen molar-refractivity contribution in [2.24, 2.45) is 0 Å². The molecule has 3 aliphatic rings. The number of fused-ring (bicyclic) bond motifs is 7. The number of nitrogens with zero attached hydrogens (tertiary/aromatic N) is 3. The SMILES string of the molecule is CC1(C)c2ccccc2-c2ccc(-c3cc(-c4ccc(-c5ccc(-c6ccc7c(c6)N(c6ccccc6)C6C=CC=CC76)cc5)c5ccccc45)nc(-c4ccccc4)n3)cc21. The fourth-order valence-corrected chi connectivity index (χ4v) is 10.3. The van der Waals surface area contributed by atoms with Crippen molar-refractivity contribution in [2.45, 2.75) is 31.2 Å². The summed E-state index contributed by atoms with van der Waals surface area (Å²) in [6.45, 7) is 4.66. The van der Waals surface area contributed by atoms with Gasteiger partial charge in [0.2, 0.25) is 0 Å². The lowest BCUT2D eigenvalue weighted by molar-refractivity contribution is 0.660. The zero-order chi connectivity index (χ0) is 41.4. The Balaban J connectivity index is 0.924. The number of allylic oxidation sites excluding steroid dienone is 2. The summed E-state index contributed by atoms with van der Waals surface area (Å²) in [4.78, 5) is 13.0. The number of hydrogen-bond donors (Lipinski definition) is 0. The molecule has 12 rings (SSSR count). The maximum Gasteiger partial charge on any atom is 0.160 e. The molecule has 2 heterocycles. The molecular weight excluding hydrogens is 751 g/mol. The highest BCUT2D eigenvalue weighted by atomic mass is 15.2. The van der Waals surface area contributed by atoms with Crippen LogP contribution in [0.4, 0.5) is 11.4 Å². The lowest BCUT2D eigenvalue weighted by atomic mass is 9.82. The third-order valence-electron chi connectivity index (χ3n) is 13.5. The van der Waals surface area contributed by atoms with Gasteiger partial charge in [0.15, 0.2) is 5.82 Å². The van der Waals surface area contributed by atoms with Crippen LogP contribution in [-0.4, -0.2) is 16.0 Å². The molecule has 8 aromatic carbocycles. The first kappa shape index (κ1) is 36.2. The molecule has 2 aliphatic carbocycles. The average molecular weight is 794 g/mol. The number of para-hydroxylation sites is 1. The van der Waals surface area contributed by atoms with Crippen molar-refractivity contribution in [3.8, 4) is 67.3 Å². The molecule has 0 amide bonds. The second-order valence-corrected chi connectivity index (χ2v) is 17.3. The number of hydrogen-bond acceptors (Lipinski definition) is 3. The van der Waals surface area contributed by atoms with Gasteiger partial charge in [0.25, 0.3) is 0 Å². The van der Waals surface area contributed by atoms with Gasteiger partial charge in [0.1, 0.15) is 0 Å². The Kier molecular flexibility index (Phi) is 8.33. The van der Waals surface area contributed by atoms with E-state index in [-0.39, 0.29) is 11.5 Å². The lowest BCUT2D eigenvalue weighted by Gasteiger charge is -2.28. The molecule has 2 atom stereocenters. The Bertz CT molecular complexity index is 3270. The minimum absolute atomic E-state index is 0.108. The molecule has 9 aromatic rings. The minimum Gasteiger partial charge on any atom is -0.333 e. The highest BCUT2D eigenvalue weighted by Gasteiger charge is 2.38. The van der Waals surface area contributed by atoms with Crippen LogP contribution in [0.3, 0.4) is 0 Å². The number of benzene rings is 8. The summed E-state index contributed by atoms with van der Waals surface area (Å²) in [7, 11) is 0. The van der Waals surface area contributed by atoms with Crippen molar-refractivity contribution in [2.75, 3.05) is 4.90 Å². The second-order valence-electron chi connectivity index (χ2n) is 17.3. The molecule has 0 N–H and O–H groups in total. The molecule has 0 saturated heterocycles. The zero-order valence-corrected chi connectivity index (χ0v) is 34.7. The Morgan fingerprint density at radius 2 is 1.05 bits per heavy atom. The first-order chi connectivity index (χ1) is 30.5. The van der Waals surface area contributed by atoms with E-state index in [2.05, 4.69) is 225 Å². The van der Waals surface area contributed by atoms with Gasteiger partial charge in [-0.1, -0.05) is 196 Å². The average Bonchev–Trinajstić information content (AvgIpc) is 3.79. The fraction of sp³-hybridized carbons (Fsp3) is 0.0847. The molecule has 3 nitrogen and oxygen atoms in total. The van der Waals surface area contributed by atoms with Crippen LogP contribution in [0.1, 0.15) is 36.5 Å². The van der Waals surface area contributed by atoms with Gasteiger partial charge in [0.05, 0.1) is 17.4 Å². The van der Waals surface area contributed by atoms with Gasteiger partial charge in [-0.05, 0) is 91.2 Å². The van der Waals surface area contributed by atoms with Gasteiger partial charge in [0, 0.05) is 39.4 Å². The number of rotatable bonds is 6. The van der Waals surface area contributed by atoms with Gasteiger partial charge in [-0.3, -0.25) is 0 Å². The van der Waals surface area contributed by atoms with E-state index in [1.54, 1.807) is 0 Å². The van der Waals surface area contributed by atoms with Crippen molar-refractivity contribution in [1.82, 2.24) is 9.97 Å². The van der Waals surface area contributed by atoms with Crippen LogP contribution in [0.2, 0.25) is 0 Å². The van der Waals surface area contributed by atoms with E-state index in [4.69, 9.17) is 9.97 Å². The van der Waals surface area contributed by atoms with Gasteiger partial charge in [-0.25, -0.2) is 9.97 Å². The van der Waals surface area contributed by atoms with Crippen molar-refractivity contribution >= 4 is 22.1 Å². The van der Waals surface area contributed by atoms with Crippen molar-refractivity contribution < 1.29 is 0 Å². The Labute approximate surface area is 363 Å². The summed E-state index contributed by atoms with van der Waals surface area (Å²) in [6.07, 6.45) is 9.04. The van der Waals surface area contributed by atoms with E-state index in [1.165, 1.54) is 66.8 Å². The fourth-order valence-electron chi connectivity index (χ4n) is 10.3. The molecule has 0 fully saturated rings. The summed E-state index contributed by atoms with van der Waals surface area (Å²) < 4.78 is 0. The largest absolute Gasteiger partial charge is 0.333 e. The topological polar surface area (TPSA) is 29.0 Å². The third kappa shape index (κ3) is 5.80. The molecule has 0 spiro atoms. The van der Waals surface area contributed by atoms with E-state index >= 15 is 0 Å². The predicted molar refractivity (Wildman–Crippen MR) is 258 cm³/mol. The van der Waals surface area contributed by atoms with Crippen LogP contribution < -0.4 is 4.90 Å². The second kappa shape index (κ2) is 14.2. The Hall–Kier alpha value is -7.62. The molecule has 294 valence electrons. The first-order valence-corrected chi connectivity index (χ1v) is 21.7. The highest BCUT2D eigenvalue weighted by Crippen LogP contribution is 2.51. The minimum atomic E-state index is -0.108. The molecule has 2 unspecified atom stereocenters. The van der Waals surface area contributed by atoms with Crippen molar-refractivity contribution in [3.05, 3.63) is 229 Å². The lowest BCUT2D eigenvalue weighted by Crippen LogP contribution is -2.28. The first-order valence-electron chi connectivity index (χ1n) is 21.7. The van der Waals surface area contributed by atoms with Gasteiger partial charge >= 0.3 is 0 Å². The van der Waals surface area contributed by atoms with E-state index in [1.807, 2.05) is 6.07 Å². The smallest absolute Gasteiger partial charge is 0.160 e. The predicted octanol–water partition coefficient (Wildman–Crippen LogP) is 15.0. The summed E-state index contributed by atoms with van der Waals surface area (Å²) in [6, 6.07) is 68.6. The van der Waals surface area contributed by atoms with E-state index < -0.39 is 0 Å². The van der Waals surface area contributed by atoms with Crippen LogP contribution >= 0.6 is 0 Å². The monoisotopic (exact) mass is 793 g/mol. The van der Waals surface area contributed by atoms with E-state index in [9.17, 15) is 0 Å². The van der Waals surface area contributed by atoms with Gasteiger partial charge in [-0.2, -0.15) is 0 Å².